The zero-order valence-electron chi connectivity index (χ0n) is 17.8. The molecule has 1 heterocycles. The molecule has 4 aromatic rings. The van der Waals surface area contributed by atoms with Crippen LogP contribution in [0.4, 0.5) is 0 Å². The van der Waals surface area contributed by atoms with Crippen molar-refractivity contribution >= 4 is 23.2 Å². The average molecular weight is 409 g/mol. The van der Waals surface area contributed by atoms with E-state index in [0.29, 0.717) is 16.8 Å². The van der Waals surface area contributed by atoms with Crippen LogP contribution in [0.25, 0.3) is 33.2 Å². The van der Waals surface area contributed by atoms with Crippen molar-refractivity contribution in [2.75, 3.05) is 0 Å². The van der Waals surface area contributed by atoms with Crippen LogP contribution in [0.1, 0.15) is 41.6 Å². The molecule has 0 fully saturated rings. The van der Waals surface area contributed by atoms with E-state index in [0.717, 1.165) is 33.9 Å². The Morgan fingerprint density at radius 2 is 1.52 bits per heavy atom. The second-order valence-corrected chi connectivity index (χ2v) is 8.36. The lowest BCUT2D eigenvalue weighted by Crippen LogP contribution is -2.23. The molecule has 154 valence electrons. The highest BCUT2D eigenvalue weighted by atomic mass is 16.6. The van der Waals surface area contributed by atoms with Crippen LogP contribution >= 0.6 is 0 Å². The van der Waals surface area contributed by atoms with E-state index in [1.165, 1.54) is 0 Å². The number of carbonyl (C=O) groups excluding carboxylic acids is 2. The number of aldehydes is 1. The maximum absolute atomic E-state index is 12.7. The number of fused-ring (bicyclic) bond motifs is 1. The molecule has 4 nitrogen and oxygen atoms in total. The molecule has 0 aliphatic rings. The van der Waals surface area contributed by atoms with Crippen LogP contribution < -0.4 is 0 Å². The van der Waals surface area contributed by atoms with Gasteiger partial charge in [-0.15, -0.1) is 0 Å². The SMILES string of the molecule is CC(C)(C)OC(=O)c1ccc2nc(C=O)cc(-c3ccccc3-c3ccccc3)c2c1. The lowest BCUT2D eigenvalue weighted by molar-refractivity contribution is 0.00696. The predicted octanol–water partition coefficient (Wildman–Crippen LogP) is 6.34. The number of hydrogen-bond acceptors (Lipinski definition) is 4. The van der Waals surface area contributed by atoms with Crippen LogP contribution in [0, 0.1) is 0 Å². The fourth-order valence-electron chi connectivity index (χ4n) is 3.58. The van der Waals surface area contributed by atoms with E-state index < -0.39 is 11.6 Å². The zero-order valence-corrected chi connectivity index (χ0v) is 17.8. The summed E-state index contributed by atoms with van der Waals surface area (Å²) in [5.74, 6) is -0.392. The number of rotatable bonds is 4. The average Bonchev–Trinajstić information content (AvgIpc) is 2.77. The Kier molecular flexibility index (Phi) is 5.38. The van der Waals surface area contributed by atoms with Crippen LogP contribution in [0.2, 0.25) is 0 Å². The Bertz CT molecular complexity index is 1270. The molecule has 0 aliphatic carbocycles. The van der Waals surface area contributed by atoms with E-state index in [2.05, 4.69) is 23.2 Å². The summed E-state index contributed by atoms with van der Waals surface area (Å²) in [7, 11) is 0. The molecule has 31 heavy (non-hydrogen) atoms. The summed E-state index contributed by atoms with van der Waals surface area (Å²) in [5, 5.41) is 0.789. The third-order valence-corrected chi connectivity index (χ3v) is 4.89. The van der Waals surface area contributed by atoms with Crippen LogP contribution in [-0.2, 0) is 4.74 Å². The minimum absolute atomic E-state index is 0.343. The van der Waals surface area contributed by atoms with Gasteiger partial charge in [-0.25, -0.2) is 9.78 Å². The molecule has 0 radical (unpaired) electrons. The van der Waals surface area contributed by atoms with Gasteiger partial charge in [0.2, 0.25) is 0 Å². The van der Waals surface area contributed by atoms with E-state index in [4.69, 9.17) is 4.74 Å². The van der Waals surface area contributed by atoms with Crippen LogP contribution in [-0.4, -0.2) is 22.8 Å². The normalized spacial score (nSPS) is 11.3. The van der Waals surface area contributed by atoms with Crippen molar-refractivity contribution in [3.63, 3.8) is 0 Å². The highest BCUT2D eigenvalue weighted by molar-refractivity contribution is 6.04. The van der Waals surface area contributed by atoms with Gasteiger partial charge in [0.1, 0.15) is 11.3 Å². The van der Waals surface area contributed by atoms with Gasteiger partial charge in [0.15, 0.2) is 6.29 Å². The number of benzene rings is 3. The van der Waals surface area contributed by atoms with E-state index in [-0.39, 0.29) is 0 Å². The molecular formula is C27H23NO3. The van der Waals surface area contributed by atoms with Crippen LogP contribution in [0.3, 0.4) is 0 Å². The fourth-order valence-corrected chi connectivity index (χ4v) is 3.58. The van der Waals surface area contributed by atoms with Crippen LogP contribution in [0.15, 0.2) is 78.9 Å². The van der Waals surface area contributed by atoms with E-state index in [9.17, 15) is 9.59 Å². The first-order valence-corrected chi connectivity index (χ1v) is 10.1. The number of carbonyl (C=O) groups is 2. The monoisotopic (exact) mass is 409 g/mol. The summed E-state index contributed by atoms with van der Waals surface area (Å²) in [6, 6.07) is 25.1. The number of esters is 1. The molecule has 0 spiro atoms. The molecule has 0 saturated carbocycles. The van der Waals surface area contributed by atoms with Gasteiger partial charge in [0.05, 0.1) is 11.1 Å². The van der Waals surface area contributed by atoms with Gasteiger partial charge < -0.3 is 4.74 Å². The lowest BCUT2D eigenvalue weighted by Gasteiger charge is -2.20. The van der Waals surface area contributed by atoms with E-state index in [1.54, 1.807) is 24.3 Å². The molecule has 0 unspecified atom stereocenters. The van der Waals surface area contributed by atoms with Crippen molar-refractivity contribution in [2.24, 2.45) is 0 Å². The van der Waals surface area contributed by atoms with Crippen molar-refractivity contribution < 1.29 is 14.3 Å². The van der Waals surface area contributed by atoms with E-state index in [1.807, 2.05) is 57.2 Å². The number of ether oxygens (including phenoxy) is 1. The molecule has 0 atom stereocenters. The van der Waals surface area contributed by atoms with Gasteiger partial charge in [-0.1, -0.05) is 54.6 Å². The van der Waals surface area contributed by atoms with Crippen LogP contribution in [0.5, 0.6) is 0 Å². The summed E-state index contributed by atoms with van der Waals surface area (Å²) in [4.78, 5) is 28.7. The molecule has 3 aromatic carbocycles. The summed E-state index contributed by atoms with van der Waals surface area (Å²) in [6.07, 6.45) is 0.746. The topological polar surface area (TPSA) is 56.3 Å². The summed E-state index contributed by atoms with van der Waals surface area (Å²) in [6.45, 7) is 5.52. The smallest absolute Gasteiger partial charge is 0.338 e. The van der Waals surface area contributed by atoms with Gasteiger partial charge in [-0.05, 0) is 67.3 Å². The minimum atomic E-state index is -0.589. The molecule has 0 amide bonds. The van der Waals surface area contributed by atoms with Gasteiger partial charge >= 0.3 is 5.97 Å². The standard InChI is InChI=1S/C27H23NO3/c1-27(2,3)31-26(30)19-13-14-25-24(15-19)23(16-20(17-29)28-25)22-12-8-7-11-21(22)18-9-5-4-6-10-18/h4-17H,1-3H3. The predicted molar refractivity (Wildman–Crippen MR) is 123 cm³/mol. The largest absolute Gasteiger partial charge is 0.456 e. The Hall–Kier alpha value is -3.79. The fraction of sp³-hybridized carbons (Fsp3) is 0.148. The number of pyridine rings is 1. The Balaban J connectivity index is 1.95. The van der Waals surface area contributed by atoms with Gasteiger partial charge in [-0.2, -0.15) is 0 Å². The summed E-state index contributed by atoms with van der Waals surface area (Å²) >= 11 is 0. The molecule has 1 aromatic heterocycles. The first-order chi connectivity index (χ1) is 14.9. The van der Waals surface area contributed by atoms with Gasteiger partial charge in [0, 0.05) is 5.39 Å². The number of hydrogen-bond donors (Lipinski definition) is 0. The Labute approximate surface area is 181 Å². The molecule has 0 N–H and O–H groups in total. The Morgan fingerprint density at radius 3 is 2.19 bits per heavy atom. The van der Waals surface area contributed by atoms with Crippen molar-refractivity contribution in [3.8, 4) is 22.3 Å². The minimum Gasteiger partial charge on any atom is -0.456 e. The van der Waals surface area contributed by atoms with Crippen molar-refractivity contribution in [1.29, 1.82) is 0 Å². The quantitative estimate of drug-likeness (QED) is 0.292. The summed E-state index contributed by atoms with van der Waals surface area (Å²) in [5.41, 5.74) is 4.76. The Morgan fingerprint density at radius 1 is 0.839 bits per heavy atom. The molecule has 0 aliphatic heterocycles. The highest BCUT2D eigenvalue weighted by Gasteiger charge is 2.19. The first-order valence-electron chi connectivity index (χ1n) is 10.1. The second-order valence-electron chi connectivity index (χ2n) is 8.36. The summed E-state index contributed by atoms with van der Waals surface area (Å²) < 4.78 is 5.54. The van der Waals surface area contributed by atoms with E-state index >= 15 is 0 Å². The maximum atomic E-state index is 12.7. The molecule has 0 saturated heterocycles. The van der Waals surface area contributed by atoms with Crippen molar-refractivity contribution in [3.05, 3.63) is 90.1 Å². The molecule has 4 rings (SSSR count). The molecule has 4 heteroatoms. The van der Waals surface area contributed by atoms with Crippen molar-refractivity contribution in [1.82, 2.24) is 4.98 Å². The lowest BCUT2D eigenvalue weighted by atomic mass is 9.92. The molecular weight excluding hydrogens is 386 g/mol. The first kappa shape index (κ1) is 20.5. The maximum Gasteiger partial charge on any atom is 0.338 e. The number of aromatic nitrogens is 1. The third kappa shape index (κ3) is 4.38. The molecule has 0 bridgehead atoms. The number of nitrogens with zero attached hydrogens (tertiary/aromatic N) is 1. The highest BCUT2D eigenvalue weighted by Crippen LogP contribution is 2.36. The third-order valence-electron chi connectivity index (χ3n) is 4.89. The van der Waals surface area contributed by atoms with Gasteiger partial charge in [0.25, 0.3) is 0 Å². The van der Waals surface area contributed by atoms with Gasteiger partial charge in [-0.3, -0.25) is 4.79 Å². The van der Waals surface area contributed by atoms with Crippen molar-refractivity contribution in [2.45, 2.75) is 26.4 Å². The second kappa shape index (κ2) is 8.15. The zero-order chi connectivity index (χ0) is 22.0.